The molecule has 0 heterocycles. The molecular weight excluding hydrogens is 299 g/mol. The SMILES string of the molecule is Cc1cc(C(=O)O)ccc1OCc1cccc(Cl)c1Cl. The summed E-state index contributed by atoms with van der Waals surface area (Å²) in [5, 5.41) is 9.85. The standard InChI is InChI=1S/C15H12Cl2O3/c1-9-7-10(15(18)19)5-6-13(9)20-8-11-3-2-4-12(16)14(11)17/h2-7H,8H2,1H3,(H,18,19). The third-order valence-electron chi connectivity index (χ3n) is 2.84. The molecule has 0 unspecified atom stereocenters. The van der Waals surface area contributed by atoms with Gasteiger partial charge in [-0.3, -0.25) is 0 Å². The molecule has 0 amide bonds. The van der Waals surface area contributed by atoms with Crippen LogP contribution in [-0.2, 0) is 6.61 Å². The minimum atomic E-state index is -0.961. The molecule has 1 N–H and O–H groups in total. The summed E-state index contributed by atoms with van der Waals surface area (Å²) >= 11 is 12.0. The number of ether oxygens (including phenoxy) is 1. The predicted octanol–water partition coefficient (Wildman–Crippen LogP) is 4.58. The Hall–Kier alpha value is -1.71. The van der Waals surface area contributed by atoms with Crippen molar-refractivity contribution < 1.29 is 14.6 Å². The second-order valence-corrected chi connectivity index (χ2v) is 5.07. The van der Waals surface area contributed by atoms with E-state index < -0.39 is 5.97 Å². The third-order valence-corrected chi connectivity index (χ3v) is 3.69. The molecular formula is C15H12Cl2O3. The molecule has 0 saturated heterocycles. The van der Waals surface area contributed by atoms with Gasteiger partial charge in [-0.2, -0.15) is 0 Å². The normalized spacial score (nSPS) is 10.3. The van der Waals surface area contributed by atoms with E-state index in [1.54, 1.807) is 31.2 Å². The zero-order valence-electron chi connectivity index (χ0n) is 10.7. The largest absolute Gasteiger partial charge is 0.489 e. The molecule has 2 aromatic rings. The van der Waals surface area contributed by atoms with Crippen molar-refractivity contribution >= 4 is 29.2 Å². The number of aryl methyl sites for hydroxylation is 1. The first-order chi connectivity index (χ1) is 9.49. The second-order valence-electron chi connectivity index (χ2n) is 4.29. The van der Waals surface area contributed by atoms with Gasteiger partial charge in [0.25, 0.3) is 0 Å². The van der Waals surface area contributed by atoms with Gasteiger partial charge < -0.3 is 9.84 Å². The van der Waals surface area contributed by atoms with Gasteiger partial charge in [0.15, 0.2) is 0 Å². The summed E-state index contributed by atoms with van der Waals surface area (Å²) < 4.78 is 5.66. The minimum Gasteiger partial charge on any atom is -0.489 e. The molecule has 0 aromatic heterocycles. The second kappa shape index (κ2) is 6.16. The van der Waals surface area contributed by atoms with E-state index in [0.717, 1.165) is 11.1 Å². The molecule has 2 rings (SSSR count). The number of halogens is 2. The van der Waals surface area contributed by atoms with Crippen LogP contribution < -0.4 is 4.74 Å². The lowest BCUT2D eigenvalue weighted by molar-refractivity contribution is 0.0696. The van der Waals surface area contributed by atoms with Crippen LogP contribution in [0, 0.1) is 6.92 Å². The van der Waals surface area contributed by atoms with Crippen molar-refractivity contribution in [2.24, 2.45) is 0 Å². The van der Waals surface area contributed by atoms with Crippen molar-refractivity contribution in [3.8, 4) is 5.75 Å². The summed E-state index contributed by atoms with van der Waals surface area (Å²) in [7, 11) is 0. The number of carboxylic acid groups (broad SMARTS) is 1. The van der Waals surface area contributed by atoms with Crippen LogP contribution in [0.2, 0.25) is 10.0 Å². The lowest BCUT2D eigenvalue weighted by Crippen LogP contribution is -2.01. The highest BCUT2D eigenvalue weighted by molar-refractivity contribution is 6.42. The topological polar surface area (TPSA) is 46.5 Å². The quantitative estimate of drug-likeness (QED) is 0.899. The van der Waals surface area contributed by atoms with Crippen LogP contribution in [0.25, 0.3) is 0 Å². The molecule has 0 radical (unpaired) electrons. The first kappa shape index (κ1) is 14.7. The highest BCUT2D eigenvalue weighted by Gasteiger charge is 2.08. The van der Waals surface area contributed by atoms with Gasteiger partial charge in [-0.25, -0.2) is 4.79 Å². The molecule has 5 heteroatoms. The number of carboxylic acids is 1. The molecule has 3 nitrogen and oxygen atoms in total. The number of aromatic carboxylic acids is 1. The third kappa shape index (κ3) is 3.24. The van der Waals surface area contributed by atoms with Gasteiger partial charge in [-0.05, 0) is 36.8 Å². The number of carbonyl (C=O) groups is 1. The predicted molar refractivity (Wildman–Crippen MR) is 78.9 cm³/mol. The summed E-state index contributed by atoms with van der Waals surface area (Å²) in [4.78, 5) is 10.9. The Morgan fingerprint density at radius 2 is 2.00 bits per heavy atom. The van der Waals surface area contributed by atoms with Crippen LogP contribution in [0.15, 0.2) is 36.4 Å². The van der Waals surface area contributed by atoms with Gasteiger partial charge in [0.05, 0.1) is 15.6 Å². The molecule has 0 bridgehead atoms. The van der Waals surface area contributed by atoms with E-state index in [-0.39, 0.29) is 12.2 Å². The molecule has 0 spiro atoms. The Morgan fingerprint density at radius 3 is 2.65 bits per heavy atom. The fourth-order valence-electron chi connectivity index (χ4n) is 1.76. The Morgan fingerprint density at radius 1 is 1.25 bits per heavy atom. The maximum atomic E-state index is 10.9. The minimum absolute atomic E-state index is 0.232. The molecule has 20 heavy (non-hydrogen) atoms. The van der Waals surface area contributed by atoms with Crippen molar-refractivity contribution in [1.29, 1.82) is 0 Å². The van der Waals surface area contributed by atoms with E-state index >= 15 is 0 Å². The summed E-state index contributed by atoms with van der Waals surface area (Å²) in [6.45, 7) is 2.06. The average molecular weight is 311 g/mol. The monoisotopic (exact) mass is 310 g/mol. The van der Waals surface area contributed by atoms with Crippen LogP contribution in [0.4, 0.5) is 0 Å². The number of hydrogen-bond donors (Lipinski definition) is 1. The van der Waals surface area contributed by atoms with Crippen LogP contribution in [0.3, 0.4) is 0 Å². The maximum absolute atomic E-state index is 10.9. The molecule has 0 saturated carbocycles. The Bertz CT molecular complexity index is 654. The lowest BCUT2D eigenvalue weighted by atomic mass is 10.1. The van der Waals surface area contributed by atoms with Gasteiger partial charge in [0.2, 0.25) is 0 Å². The Balaban J connectivity index is 2.15. The summed E-state index contributed by atoms with van der Waals surface area (Å²) in [5.41, 5.74) is 1.76. The highest BCUT2D eigenvalue weighted by atomic mass is 35.5. The maximum Gasteiger partial charge on any atom is 0.335 e. The van der Waals surface area contributed by atoms with Crippen LogP contribution in [-0.4, -0.2) is 11.1 Å². The van der Waals surface area contributed by atoms with E-state index in [0.29, 0.717) is 15.8 Å². The van der Waals surface area contributed by atoms with Gasteiger partial charge >= 0.3 is 5.97 Å². The fraction of sp³-hybridized carbons (Fsp3) is 0.133. The average Bonchev–Trinajstić information content (AvgIpc) is 2.41. The molecule has 0 atom stereocenters. The first-order valence-electron chi connectivity index (χ1n) is 5.88. The highest BCUT2D eigenvalue weighted by Crippen LogP contribution is 2.27. The molecule has 2 aromatic carbocycles. The molecule has 0 aliphatic carbocycles. The van der Waals surface area contributed by atoms with Crippen LogP contribution in [0.1, 0.15) is 21.5 Å². The zero-order chi connectivity index (χ0) is 14.7. The van der Waals surface area contributed by atoms with Gasteiger partial charge in [0, 0.05) is 5.56 Å². The van der Waals surface area contributed by atoms with Crippen molar-refractivity contribution in [2.75, 3.05) is 0 Å². The number of hydrogen-bond acceptors (Lipinski definition) is 2. The smallest absolute Gasteiger partial charge is 0.335 e. The van der Waals surface area contributed by atoms with Crippen molar-refractivity contribution in [2.45, 2.75) is 13.5 Å². The Labute approximate surface area is 126 Å². The fourth-order valence-corrected chi connectivity index (χ4v) is 2.13. The van der Waals surface area contributed by atoms with Crippen LogP contribution in [0.5, 0.6) is 5.75 Å². The van der Waals surface area contributed by atoms with Crippen molar-refractivity contribution in [1.82, 2.24) is 0 Å². The number of rotatable bonds is 4. The van der Waals surface area contributed by atoms with Gasteiger partial charge in [-0.15, -0.1) is 0 Å². The zero-order valence-corrected chi connectivity index (χ0v) is 12.2. The first-order valence-corrected chi connectivity index (χ1v) is 6.64. The lowest BCUT2D eigenvalue weighted by Gasteiger charge is -2.11. The van der Waals surface area contributed by atoms with E-state index in [1.165, 1.54) is 6.07 Å². The van der Waals surface area contributed by atoms with Crippen LogP contribution >= 0.6 is 23.2 Å². The van der Waals surface area contributed by atoms with Gasteiger partial charge in [-0.1, -0.05) is 35.3 Å². The van der Waals surface area contributed by atoms with E-state index in [1.807, 2.05) is 6.07 Å². The Kier molecular flexibility index (Phi) is 4.53. The summed E-state index contributed by atoms with van der Waals surface area (Å²) in [6.07, 6.45) is 0. The van der Waals surface area contributed by atoms with E-state index in [4.69, 9.17) is 33.0 Å². The molecule has 0 aliphatic heterocycles. The molecule has 0 fully saturated rings. The molecule has 0 aliphatic rings. The van der Waals surface area contributed by atoms with E-state index in [9.17, 15) is 4.79 Å². The van der Waals surface area contributed by atoms with Crippen molar-refractivity contribution in [3.05, 3.63) is 63.1 Å². The van der Waals surface area contributed by atoms with Crippen molar-refractivity contribution in [3.63, 3.8) is 0 Å². The summed E-state index contributed by atoms with van der Waals surface area (Å²) in [5.74, 6) is -0.344. The van der Waals surface area contributed by atoms with Gasteiger partial charge in [0.1, 0.15) is 12.4 Å². The summed E-state index contributed by atoms with van der Waals surface area (Å²) in [6, 6.07) is 10.0. The molecule has 104 valence electrons. The van der Waals surface area contributed by atoms with E-state index in [2.05, 4.69) is 0 Å². The number of benzene rings is 2.